The van der Waals surface area contributed by atoms with Gasteiger partial charge < -0.3 is 15.2 Å². The second-order valence-electron chi connectivity index (χ2n) is 3.70. The maximum absolute atomic E-state index is 11.4. The number of carbonyl (C=O) groups is 1. The van der Waals surface area contributed by atoms with E-state index in [1.807, 2.05) is 6.92 Å². The first-order chi connectivity index (χ1) is 7.61. The Hall–Kier alpha value is -1.43. The van der Waals surface area contributed by atoms with Gasteiger partial charge in [-0.15, -0.1) is 0 Å². The van der Waals surface area contributed by atoms with Crippen molar-refractivity contribution in [1.82, 2.24) is 20.8 Å². The van der Waals surface area contributed by atoms with E-state index in [2.05, 4.69) is 27.7 Å². The standard InChI is InChI=1S/C10H18N4O2/c1-4-7(2)11-5-9(15)12-6-10-13-8(3)14-16-10/h7,11H,4-6H2,1-3H3,(H,12,15). The molecule has 0 bridgehead atoms. The Balaban J connectivity index is 2.20. The molecule has 16 heavy (non-hydrogen) atoms. The second kappa shape index (κ2) is 6.22. The lowest BCUT2D eigenvalue weighted by atomic mass is 10.2. The number of carbonyl (C=O) groups excluding carboxylic acids is 1. The Kier molecular flexibility index (Phi) is 4.91. The Morgan fingerprint density at radius 1 is 1.56 bits per heavy atom. The molecule has 0 aliphatic heterocycles. The van der Waals surface area contributed by atoms with E-state index in [0.29, 0.717) is 24.3 Å². The van der Waals surface area contributed by atoms with Gasteiger partial charge in [0.1, 0.15) is 0 Å². The maximum atomic E-state index is 11.4. The van der Waals surface area contributed by atoms with Crippen molar-refractivity contribution >= 4 is 5.91 Å². The fraction of sp³-hybridized carbons (Fsp3) is 0.700. The molecule has 0 fully saturated rings. The summed E-state index contributed by atoms with van der Waals surface area (Å²) in [5, 5.41) is 9.42. The predicted octanol–water partition coefficient (Wildman–Crippen LogP) is 0.382. The molecule has 0 spiro atoms. The van der Waals surface area contributed by atoms with Crippen molar-refractivity contribution in [2.75, 3.05) is 6.54 Å². The number of hydrogen-bond acceptors (Lipinski definition) is 5. The summed E-state index contributed by atoms with van der Waals surface area (Å²) in [5.41, 5.74) is 0. The van der Waals surface area contributed by atoms with Gasteiger partial charge in [-0.25, -0.2) is 0 Å². The zero-order chi connectivity index (χ0) is 12.0. The molecule has 1 aromatic heterocycles. The van der Waals surface area contributed by atoms with Crippen LogP contribution in [0.2, 0.25) is 0 Å². The monoisotopic (exact) mass is 226 g/mol. The minimum Gasteiger partial charge on any atom is -0.346 e. The van der Waals surface area contributed by atoms with Crippen LogP contribution in [0.4, 0.5) is 0 Å². The highest BCUT2D eigenvalue weighted by Gasteiger charge is 2.06. The number of nitrogens with zero attached hydrogens (tertiary/aromatic N) is 2. The number of hydrogen-bond donors (Lipinski definition) is 2. The third kappa shape index (κ3) is 4.39. The molecule has 0 saturated carbocycles. The summed E-state index contributed by atoms with van der Waals surface area (Å²) in [6, 6.07) is 0.344. The van der Waals surface area contributed by atoms with Crippen molar-refractivity contribution in [1.29, 1.82) is 0 Å². The lowest BCUT2D eigenvalue weighted by Crippen LogP contribution is -2.37. The van der Waals surface area contributed by atoms with E-state index in [9.17, 15) is 4.79 Å². The third-order valence-corrected chi connectivity index (χ3v) is 2.23. The maximum Gasteiger partial charge on any atom is 0.246 e. The first kappa shape index (κ1) is 12.6. The highest BCUT2D eigenvalue weighted by Crippen LogP contribution is 1.94. The van der Waals surface area contributed by atoms with E-state index in [1.54, 1.807) is 6.92 Å². The molecule has 0 aromatic carbocycles. The van der Waals surface area contributed by atoms with Gasteiger partial charge in [0, 0.05) is 6.04 Å². The molecule has 1 rings (SSSR count). The van der Waals surface area contributed by atoms with Gasteiger partial charge in [-0.2, -0.15) is 4.98 Å². The quantitative estimate of drug-likeness (QED) is 0.733. The van der Waals surface area contributed by atoms with E-state index in [-0.39, 0.29) is 12.5 Å². The van der Waals surface area contributed by atoms with Crippen LogP contribution in [-0.2, 0) is 11.3 Å². The molecule has 1 unspecified atom stereocenters. The summed E-state index contributed by atoms with van der Waals surface area (Å²) < 4.78 is 4.87. The molecule has 6 nitrogen and oxygen atoms in total. The van der Waals surface area contributed by atoms with E-state index in [4.69, 9.17) is 4.52 Å². The van der Waals surface area contributed by atoms with E-state index < -0.39 is 0 Å². The molecule has 90 valence electrons. The van der Waals surface area contributed by atoms with Crippen LogP contribution in [0, 0.1) is 6.92 Å². The summed E-state index contributed by atoms with van der Waals surface area (Å²) in [4.78, 5) is 15.4. The molecular formula is C10H18N4O2. The molecule has 0 aliphatic rings. The SMILES string of the molecule is CCC(C)NCC(=O)NCc1nc(C)no1. The van der Waals surface area contributed by atoms with Gasteiger partial charge in [-0.05, 0) is 20.3 Å². The lowest BCUT2D eigenvalue weighted by Gasteiger charge is -2.10. The smallest absolute Gasteiger partial charge is 0.246 e. The third-order valence-electron chi connectivity index (χ3n) is 2.23. The fourth-order valence-corrected chi connectivity index (χ4v) is 1.06. The fourth-order valence-electron chi connectivity index (χ4n) is 1.06. The second-order valence-corrected chi connectivity index (χ2v) is 3.70. The van der Waals surface area contributed by atoms with Crippen molar-refractivity contribution in [2.24, 2.45) is 0 Å². The van der Waals surface area contributed by atoms with Crippen LogP contribution in [0.15, 0.2) is 4.52 Å². The highest BCUT2D eigenvalue weighted by molar-refractivity contribution is 5.77. The summed E-state index contributed by atoms with van der Waals surface area (Å²) in [7, 11) is 0. The Morgan fingerprint density at radius 2 is 2.31 bits per heavy atom. The van der Waals surface area contributed by atoms with Crippen LogP contribution < -0.4 is 10.6 Å². The summed E-state index contributed by atoms with van der Waals surface area (Å²) in [6.07, 6.45) is 0.996. The van der Waals surface area contributed by atoms with Crippen molar-refractivity contribution in [3.05, 3.63) is 11.7 Å². The minimum absolute atomic E-state index is 0.0730. The van der Waals surface area contributed by atoms with Crippen molar-refractivity contribution in [3.63, 3.8) is 0 Å². The molecule has 1 atom stereocenters. The molecule has 0 aliphatic carbocycles. The van der Waals surface area contributed by atoms with Gasteiger partial charge in [0.25, 0.3) is 0 Å². The van der Waals surface area contributed by atoms with Gasteiger partial charge in [-0.3, -0.25) is 4.79 Å². The predicted molar refractivity (Wildman–Crippen MR) is 58.6 cm³/mol. The van der Waals surface area contributed by atoms with Crippen molar-refractivity contribution in [2.45, 2.75) is 39.8 Å². The Morgan fingerprint density at radius 3 is 2.88 bits per heavy atom. The highest BCUT2D eigenvalue weighted by atomic mass is 16.5. The number of aryl methyl sites for hydroxylation is 1. The van der Waals surface area contributed by atoms with Crippen LogP contribution in [0.3, 0.4) is 0 Å². The zero-order valence-electron chi connectivity index (χ0n) is 9.91. The molecule has 2 N–H and O–H groups in total. The van der Waals surface area contributed by atoms with Crippen LogP contribution in [-0.4, -0.2) is 28.6 Å². The van der Waals surface area contributed by atoms with Gasteiger partial charge in [0.2, 0.25) is 11.8 Å². The molecule has 1 aromatic rings. The van der Waals surface area contributed by atoms with Crippen LogP contribution in [0.5, 0.6) is 0 Å². The van der Waals surface area contributed by atoms with Crippen LogP contribution >= 0.6 is 0 Å². The first-order valence-electron chi connectivity index (χ1n) is 5.41. The van der Waals surface area contributed by atoms with Gasteiger partial charge in [0.15, 0.2) is 5.82 Å². The Labute approximate surface area is 94.8 Å². The summed E-state index contributed by atoms with van der Waals surface area (Å²) in [5.74, 6) is 0.924. The largest absolute Gasteiger partial charge is 0.346 e. The van der Waals surface area contributed by atoms with Gasteiger partial charge >= 0.3 is 0 Å². The lowest BCUT2D eigenvalue weighted by molar-refractivity contribution is -0.120. The first-order valence-corrected chi connectivity index (χ1v) is 5.41. The van der Waals surface area contributed by atoms with Crippen LogP contribution in [0.1, 0.15) is 32.0 Å². The molecule has 0 saturated heterocycles. The average Bonchev–Trinajstić information content (AvgIpc) is 2.69. The molecule has 0 radical (unpaired) electrons. The number of aromatic nitrogens is 2. The normalized spacial score (nSPS) is 12.4. The van der Waals surface area contributed by atoms with Gasteiger partial charge in [-0.1, -0.05) is 12.1 Å². The molecule has 1 heterocycles. The zero-order valence-corrected chi connectivity index (χ0v) is 9.91. The molecule has 6 heteroatoms. The Bertz CT molecular complexity index is 337. The summed E-state index contributed by atoms with van der Waals surface area (Å²) >= 11 is 0. The van der Waals surface area contributed by atoms with Crippen LogP contribution in [0.25, 0.3) is 0 Å². The number of nitrogens with one attached hydrogen (secondary N) is 2. The number of rotatable bonds is 6. The molecular weight excluding hydrogens is 208 g/mol. The summed E-state index contributed by atoms with van der Waals surface area (Å²) in [6.45, 7) is 6.43. The van der Waals surface area contributed by atoms with Gasteiger partial charge in [0.05, 0.1) is 13.1 Å². The molecule has 1 amide bonds. The minimum atomic E-state index is -0.0730. The topological polar surface area (TPSA) is 80.0 Å². The van der Waals surface area contributed by atoms with E-state index >= 15 is 0 Å². The average molecular weight is 226 g/mol. The number of amides is 1. The van der Waals surface area contributed by atoms with Crippen molar-refractivity contribution < 1.29 is 9.32 Å². The van der Waals surface area contributed by atoms with Crippen molar-refractivity contribution in [3.8, 4) is 0 Å². The van der Waals surface area contributed by atoms with E-state index in [0.717, 1.165) is 6.42 Å². The van der Waals surface area contributed by atoms with E-state index in [1.165, 1.54) is 0 Å².